The zero-order chi connectivity index (χ0) is 14.8. The van der Waals surface area contributed by atoms with Gasteiger partial charge in [0.25, 0.3) is 0 Å². The summed E-state index contributed by atoms with van der Waals surface area (Å²) in [6, 6.07) is 0. The van der Waals surface area contributed by atoms with Gasteiger partial charge in [-0.15, -0.1) is 0 Å². The average Bonchev–Trinajstić information content (AvgIpc) is 3.08. The quantitative estimate of drug-likeness (QED) is 0.912. The topological polar surface area (TPSA) is 47.1 Å². The highest BCUT2D eigenvalue weighted by molar-refractivity contribution is 5.90. The highest BCUT2D eigenvalue weighted by Crippen LogP contribution is 2.31. The van der Waals surface area contributed by atoms with Gasteiger partial charge in [-0.05, 0) is 44.2 Å². The molecule has 1 N–H and O–H groups in total. The van der Waals surface area contributed by atoms with Gasteiger partial charge in [0.15, 0.2) is 0 Å². The first-order chi connectivity index (χ1) is 10.2. The smallest absolute Gasteiger partial charge is 0.238 e. The Morgan fingerprint density at radius 1 is 1.43 bits per heavy atom. The average molecular weight is 288 g/mol. The van der Waals surface area contributed by atoms with E-state index in [1.54, 1.807) is 0 Å². The summed E-state index contributed by atoms with van der Waals surface area (Å²) in [7, 11) is 0. The minimum absolute atomic E-state index is 0.217. The van der Waals surface area contributed by atoms with Gasteiger partial charge in [0.2, 0.25) is 5.88 Å². The molecule has 114 valence electrons. The van der Waals surface area contributed by atoms with Crippen LogP contribution in [-0.4, -0.2) is 29.3 Å². The zero-order valence-corrected chi connectivity index (χ0v) is 13.2. The molecule has 21 heavy (non-hydrogen) atoms. The summed E-state index contributed by atoms with van der Waals surface area (Å²) in [4.78, 5) is 7.97. The van der Waals surface area contributed by atoms with E-state index in [-0.39, 0.29) is 6.10 Å². The molecular formula is C17H24N2O2. The first-order valence-corrected chi connectivity index (χ1v) is 7.91. The van der Waals surface area contributed by atoms with Crippen molar-refractivity contribution in [2.24, 2.45) is 0 Å². The Morgan fingerprint density at radius 3 is 3.00 bits per heavy atom. The second-order valence-electron chi connectivity index (χ2n) is 5.91. The fraction of sp³-hybridized carbons (Fsp3) is 0.588. The van der Waals surface area contributed by atoms with Crippen LogP contribution in [0.15, 0.2) is 6.20 Å². The van der Waals surface area contributed by atoms with E-state index in [4.69, 9.17) is 9.47 Å². The Morgan fingerprint density at radius 2 is 2.29 bits per heavy atom. The summed E-state index contributed by atoms with van der Waals surface area (Å²) in [6.07, 6.45) is 6.57. The van der Waals surface area contributed by atoms with Gasteiger partial charge < -0.3 is 14.5 Å². The molecule has 0 spiro atoms. The Kier molecular flexibility index (Phi) is 4.15. The third-order valence-electron chi connectivity index (χ3n) is 4.32. The maximum absolute atomic E-state index is 5.94. The highest BCUT2D eigenvalue weighted by atomic mass is 16.5. The molecular weight excluding hydrogens is 264 g/mol. The van der Waals surface area contributed by atoms with Crippen LogP contribution in [0.25, 0.3) is 10.9 Å². The predicted octanol–water partition coefficient (Wildman–Crippen LogP) is 3.69. The van der Waals surface area contributed by atoms with Gasteiger partial charge in [0.05, 0.1) is 6.10 Å². The van der Waals surface area contributed by atoms with Crippen LogP contribution in [0, 0.1) is 13.8 Å². The first-order valence-electron chi connectivity index (χ1n) is 7.91. The molecule has 2 aromatic heterocycles. The second-order valence-corrected chi connectivity index (χ2v) is 5.91. The summed E-state index contributed by atoms with van der Waals surface area (Å²) in [6.45, 7) is 7.91. The third-order valence-corrected chi connectivity index (χ3v) is 4.32. The van der Waals surface area contributed by atoms with E-state index < -0.39 is 0 Å². The van der Waals surface area contributed by atoms with Crippen LogP contribution in [0.4, 0.5) is 0 Å². The van der Waals surface area contributed by atoms with Crippen molar-refractivity contribution in [1.82, 2.24) is 9.97 Å². The minimum Gasteiger partial charge on any atom is -0.473 e. The first kappa shape index (κ1) is 14.4. The Balaban J connectivity index is 1.91. The van der Waals surface area contributed by atoms with Crippen molar-refractivity contribution in [3.8, 4) is 5.88 Å². The molecule has 3 heterocycles. The lowest BCUT2D eigenvalue weighted by molar-refractivity contribution is 0.0669. The van der Waals surface area contributed by atoms with E-state index in [0.29, 0.717) is 12.5 Å². The summed E-state index contributed by atoms with van der Waals surface area (Å²) >= 11 is 0. The molecule has 4 nitrogen and oxygen atoms in total. The summed E-state index contributed by atoms with van der Waals surface area (Å²) in [5.41, 5.74) is 4.84. The number of nitrogens with zero attached hydrogens (tertiary/aromatic N) is 1. The van der Waals surface area contributed by atoms with E-state index >= 15 is 0 Å². The number of aromatic amines is 1. The molecule has 4 heteroatoms. The molecule has 0 saturated carbocycles. The molecule has 0 aliphatic carbocycles. The van der Waals surface area contributed by atoms with Crippen LogP contribution in [0.2, 0.25) is 0 Å². The standard InChI is InChI=1S/C17H24N2O2/c1-4-6-13-9-18-17(21-10-14-7-5-8-20-14)16-15(13)11(2)12(3)19-16/h9,14,19H,4-8,10H2,1-3H3. The van der Waals surface area contributed by atoms with Gasteiger partial charge in [-0.3, -0.25) is 0 Å². The van der Waals surface area contributed by atoms with Gasteiger partial charge in [0, 0.05) is 23.9 Å². The van der Waals surface area contributed by atoms with E-state index in [1.165, 1.54) is 22.2 Å². The Hall–Kier alpha value is -1.55. The number of aryl methyl sites for hydroxylation is 3. The van der Waals surface area contributed by atoms with Crippen LogP contribution in [0.1, 0.15) is 43.0 Å². The lowest BCUT2D eigenvalue weighted by Crippen LogP contribution is -2.17. The third kappa shape index (κ3) is 2.77. The normalized spacial score (nSPS) is 18.5. The lowest BCUT2D eigenvalue weighted by atomic mass is 10.0. The van der Waals surface area contributed by atoms with E-state index in [0.717, 1.165) is 37.8 Å². The van der Waals surface area contributed by atoms with E-state index in [1.807, 2.05) is 6.20 Å². The van der Waals surface area contributed by atoms with Gasteiger partial charge in [-0.25, -0.2) is 4.98 Å². The lowest BCUT2D eigenvalue weighted by Gasteiger charge is -2.12. The van der Waals surface area contributed by atoms with Gasteiger partial charge in [0.1, 0.15) is 12.1 Å². The molecule has 1 saturated heterocycles. The molecule has 2 aromatic rings. The summed E-state index contributed by atoms with van der Waals surface area (Å²) < 4.78 is 11.6. The number of hydrogen-bond donors (Lipinski definition) is 1. The van der Waals surface area contributed by atoms with Gasteiger partial charge in [-0.1, -0.05) is 13.3 Å². The fourth-order valence-electron chi connectivity index (χ4n) is 3.06. The Labute approximate surface area is 125 Å². The predicted molar refractivity (Wildman–Crippen MR) is 84.0 cm³/mol. The van der Waals surface area contributed by atoms with Crippen molar-refractivity contribution in [3.05, 3.63) is 23.0 Å². The maximum Gasteiger partial charge on any atom is 0.238 e. The van der Waals surface area contributed by atoms with Crippen molar-refractivity contribution in [1.29, 1.82) is 0 Å². The number of fused-ring (bicyclic) bond motifs is 1. The van der Waals surface area contributed by atoms with Gasteiger partial charge in [-0.2, -0.15) is 0 Å². The number of nitrogens with one attached hydrogen (secondary N) is 1. The van der Waals surface area contributed by atoms with Gasteiger partial charge >= 0.3 is 0 Å². The minimum atomic E-state index is 0.217. The molecule has 0 aromatic carbocycles. The van der Waals surface area contributed by atoms with Crippen LogP contribution < -0.4 is 4.74 Å². The number of hydrogen-bond acceptors (Lipinski definition) is 3. The summed E-state index contributed by atoms with van der Waals surface area (Å²) in [5.74, 6) is 0.705. The molecule has 1 fully saturated rings. The molecule has 3 rings (SSSR count). The SMILES string of the molecule is CCCc1cnc(OCC2CCCO2)c2[nH]c(C)c(C)c12. The van der Waals surface area contributed by atoms with Crippen molar-refractivity contribution in [2.75, 3.05) is 13.2 Å². The second kappa shape index (κ2) is 6.06. The highest BCUT2D eigenvalue weighted by Gasteiger charge is 2.19. The number of aromatic nitrogens is 2. The van der Waals surface area contributed by atoms with E-state index in [9.17, 15) is 0 Å². The van der Waals surface area contributed by atoms with Crippen LogP contribution >= 0.6 is 0 Å². The molecule has 1 aliphatic rings. The fourth-order valence-corrected chi connectivity index (χ4v) is 3.06. The monoisotopic (exact) mass is 288 g/mol. The summed E-state index contributed by atoms with van der Waals surface area (Å²) in [5, 5.41) is 1.28. The number of ether oxygens (including phenoxy) is 2. The van der Waals surface area contributed by atoms with Crippen molar-refractivity contribution in [3.63, 3.8) is 0 Å². The molecule has 1 atom stereocenters. The molecule has 1 unspecified atom stereocenters. The molecule has 0 amide bonds. The van der Waals surface area contributed by atoms with Crippen LogP contribution in [-0.2, 0) is 11.2 Å². The molecule has 0 radical (unpaired) electrons. The maximum atomic E-state index is 5.94. The molecule has 1 aliphatic heterocycles. The number of H-pyrrole nitrogens is 1. The zero-order valence-electron chi connectivity index (χ0n) is 13.2. The Bertz CT molecular complexity index is 627. The van der Waals surface area contributed by atoms with E-state index in [2.05, 4.69) is 30.7 Å². The number of pyridine rings is 1. The number of rotatable bonds is 5. The largest absolute Gasteiger partial charge is 0.473 e. The van der Waals surface area contributed by atoms with Crippen molar-refractivity contribution < 1.29 is 9.47 Å². The molecule has 0 bridgehead atoms. The van der Waals surface area contributed by atoms with Crippen LogP contribution in [0.3, 0.4) is 0 Å². The van der Waals surface area contributed by atoms with Crippen molar-refractivity contribution in [2.45, 2.75) is 52.6 Å². The van der Waals surface area contributed by atoms with Crippen LogP contribution in [0.5, 0.6) is 5.88 Å². The van der Waals surface area contributed by atoms with Crippen molar-refractivity contribution >= 4 is 10.9 Å².